The molecule has 0 N–H and O–H groups in total. The van der Waals surface area contributed by atoms with Crippen molar-refractivity contribution in [2.45, 2.75) is 13.1 Å². The lowest BCUT2D eigenvalue weighted by Gasteiger charge is -2.36. The molecule has 6 nitrogen and oxygen atoms in total. The summed E-state index contributed by atoms with van der Waals surface area (Å²) in [5, 5.41) is 0. The van der Waals surface area contributed by atoms with Crippen LogP contribution < -0.4 is 15.5 Å². The Balaban J connectivity index is 1.34. The third-order valence-electron chi connectivity index (χ3n) is 5.15. The van der Waals surface area contributed by atoms with Crippen LogP contribution in [0, 0.1) is 0 Å². The zero-order valence-electron chi connectivity index (χ0n) is 15.7. The maximum absolute atomic E-state index is 12.6. The molecule has 146 valence electrons. The zero-order chi connectivity index (χ0) is 19.3. The quantitative estimate of drug-likeness (QED) is 0.639. The average Bonchev–Trinajstić information content (AvgIpc) is 3.01. The summed E-state index contributed by atoms with van der Waals surface area (Å²) in [6.07, 6.45) is 0. The Labute approximate surface area is 168 Å². The normalized spacial score (nSPS) is 15.1. The molecule has 0 radical (unpaired) electrons. The van der Waals surface area contributed by atoms with Gasteiger partial charge in [0.1, 0.15) is 0 Å². The van der Waals surface area contributed by atoms with Crippen LogP contribution in [0.1, 0.15) is 5.56 Å². The van der Waals surface area contributed by atoms with Crippen molar-refractivity contribution in [1.29, 1.82) is 0 Å². The van der Waals surface area contributed by atoms with Gasteiger partial charge in [0.2, 0.25) is 0 Å². The van der Waals surface area contributed by atoms with Gasteiger partial charge < -0.3 is 4.90 Å². The first-order valence-electron chi connectivity index (χ1n) is 9.58. The van der Waals surface area contributed by atoms with Gasteiger partial charge in [0.15, 0.2) is 0 Å². The summed E-state index contributed by atoms with van der Waals surface area (Å²) in [7, 11) is 0. The number of hydrogen-bond acceptors (Lipinski definition) is 5. The highest BCUT2D eigenvalue weighted by Crippen LogP contribution is 2.15. The highest BCUT2D eigenvalue weighted by atomic mass is 32.1. The Morgan fingerprint density at radius 3 is 2.11 bits per heavy atom. The van der Waals surface area contributed by atoms with E-state index in [1.807, 2.05) is 36.4 Å². The largest absolute Gasteiger partial charge is 0.369 e. The van der Waals surface area contributed by atoms with Crippen molar-refractivity contribution in [1.82, 2.24) is 13.4 Å². The number of aromatic nitrogens is 2. The van der Waals surface area contributed by atoms with Crippen LogP contribution >= 0.6 is 11.5 Å². The molecule has 2 heterocycles. The summed E-state index contributed by atoms with van der Waals surface area (Å²) in [5.74, 6) is 0. The molecular formula is C21H24N4O2S. The number of para-hydroxylation sites is 1. The third kappa shape index (κ3) is 4.26. The second-order valence-electron chi connectivity index (χ2n) is 6.98. The molecule has 7 heteroatoms. The molecule has 1 aliphatic heterocycles. The maximum atomic E-state index is 12.6. The van der Waals surface area contributed by atoms with Gasteiger partial charge in [-0.15, -0.1) is 0 Å². The minimum Gasteiger partial charge on any atom is -0.369 e. The lowest BCUT2D eigenvalue weighted by atomic mass is 10.2. The number of benzene rings is 2. The molecule has 0 spiro atoms. The van der Waals surface area contributed by atoms with Gasteiger partial charge in [0, 0.05) is 49.9 Å². The van der Waals surface area contributed by atoms with Crippen molar-refractivity contribution in [3.8, 4) is 0 Å². The van der Waals surface area contributed by atoms with E-state index in [-0.39, 0.29) is 10.6 Å². The standard InChI is InChI=1S/C21H24N4O2S/c26-20-24(17-18-7-3-1-4-8-18)21(27)28-25(20)16-13-22-11-14-23(15-12-22)19-9-5-2-6-10-19/h1-10H,11-17H2. The van der Waals surface area contributed by atoms with E-state index in [1.54, 1.807) is 3.96 Å². The molecule has 1 aromatic heterocycles. The summed E-state index contributed by atoms with van der Waals surface area (Å²) >= 11 is 1.02. The third-order valence-corrected chi connectivity index (χ3v) is 6.09. The van der Waals surface area contributed by atoms with Gasteiger partial charge in [-0.05, 0) is 17.7 Å². The maximum Gasteiger partial charge on any atom is 0.341 e. The van der Waals surface area contributed by atoms with Crippen molar-refractivity contribution in [2.75, 3.05) is 37.6 Å². The second kappa shape index (κ2) is 8.58. The van der Waals surface area contributed by atoms with Crippen LogP contribution in [-0.2, 0) is 13.1 Å². The second-order valence-corrected chi connectivity index (χ2v) is 7.95. The molecule has 1 aliphatic rings. The number of nitrogens with zero attached hydrogens (tertiary/aromatic N) is 4. The van der Waals surface area contributed by atoms with E-state index in [1.165, 1.54) is 10.3 Å². The monoisotopic (exact) mass is 396 g/mol. The molecule has 0 saturated carbocycles. The Kier molecular flexibility index (Phi) is 5.73. The van der Waals surface area contributed by atoms with Crippen molar-refractivity contribution in [2.24, 2.45) is 0 Å². The molecule has 0 bridgehead atoms. The fourth-order valence-electron chi connectivity index (χ4n) is 3.54. The first-order chi connectivity index (χ1) is 13.7. The Hall–Kier alpha value is -2.64. The molecule has 0 atom stereocenters. The number of piperazine rings is 1. The van der Waals surface area contributed by atoms with Gasteiger partial charge in [0.05, 0.1) is 13.1 Å². The van der Waals surface area contributed by atoms with Crippen molar-refractivity contribution >= 4 is 17.2 Å². The van der Waals surface area contributed by atoms with Crippen LogP contribution in [0.25, 0.3) is 0 Å². The van der Waals surface area contributed by atoms with Crippen LogP contribution in [0.3, 0.4) is 0 Å². The van der Waals surface area contributed by atoms with Crippen molar-refractivity contribution < 1.29 is 0 Å². The van der Waals surface area contributed by atoms with E-state index in [9.17, 15) is 9.59 Å². The molecule has 1 fully saturated rings. The SMILES string of the molecule is O=c1sn(CCN2CCN(c3ccccc3)CC2)c(=O)n1Cc1ccccc1. The minimum atomic E-state index is -0.207. The van der Waals surface area contributed by atoms with E-state index in [4.69, 9.17) is 0 Å². The zero-order valence-corrected chi connectivity index (χ0v) is 16.6. The summed E-state index contributed by atoms with van der Waals surface area (Å²) in [4.78, 5) is 29.4. The first kappa shape index (κ1) is 18.7. The molecule has 0 amide bonds. The van der Waals surface area contributed by atoms with Gasteiger partial charge in [-0.1, -0.05) is 48.5 Å². The van der Waals surface area contributed by atoms with Crippen molar-refractivity contribution in [3.63, 3.8) is 0 Å². The Morgan fingerprint density at radius 1 is 0.786 bits per heavy atom. The molecule has 3 aromatic rings. The number of hydrogen-bond donors (Lipinski definition) is 0. The highest BCUT2D eigenvalue weighted by Gasteiger charge is 2.18. The van der Waals surface area contributed by atoms with E-state index in [2.05, 4.69) is 34.1 Å². The summed E-state index contributed by atoms with van der Waals surface area (Å²) < 4.78 is 2.92. The molecule has 4 rings (SSSR count). The lowest BCUT2D eigenvalue weighted by molar-refractivity contribution is 0.249. The molecular weight excluding hydrogens is 372 g/mol. The van der Waals surface area contributed by atoms with Gasteiger partial charge in [-0.2, -0.15) is 0 Å². The van der Waals surface area contributed by atoms with Gasteiger partial charge >= 0.3 is 10.6 Å². The lowest BCUT2D eigenvalue weighted by Crippen LogP contribution is -2.47. The van der Waals surface area contributed by atoms with Crippen molar-refractivity contribution in [3.05, 3.63) is 86.4 Å². The fraction of sp³-hybridized carbons (Fsp3) is 0.333. The predicted molar refractivity (Wildman–Crippen MR) is 113 cm³/mol. The predicted octanol–water partition coefficient (Wildman–Crippen LogP) is 1.94. The summed E-state index contributed by atoms with van der Waals surface area (Å²) in [6, 6.07) is 20.1. The van der Waals surface area contributed by atoms with Crippen LogP contribution in [0.2, 0.25) is 0 Å². The fourth-order valence-corrected chi connectivity index (χ4v) is 4.31. The van der Waals surface area contributed by atoms with Gasteiger partial charge in [0.25, 0.3) is 0 Å². The van der Waals surface area contributed by atoms with E-state index >= 15 is 0 Å². The molecule has 1 saturated heterocycles. The number of anilines is 1. The van der Waals surface area contributed by atoms with Crippen LogP contribution in [0.15, 0.2) is 70.3 Å². The molecule has 0 aliphatic carbocycles. The Morgan fingerprint density at radius 2 is 1.43 bits per heavy atom. The smallest absolute Gasteiger partial charge is 0.341 e. The molecule has 0 unspecified atom stereocenters. The topological polar surface area (TPSA) is 50.5 Å². The van der Waals surface area contributed by atoms with Gasteiger partial charge in [-0.25, -0.2) is 13.3 Å². The van der Waals surface area contributed by atoms with E-state index < -0.39 is 0 Å². The Bertz CT molecular complexity index is 1000. The van der Waals surface area contributed by atoms with E-state index in [0.29, 0.717) is 13.1 Å². The van der Waals surface area contributed by atoms with Crippen LogP contribution in [0.4, 0.5) is 5.69 Å². The molecule has 28 heavy (non-hydrogen) atoms. The average molecular weight is 397 g/mol. The summed E-state index contributed by atoms with van der Waals surface area (Å²) in [5.41, 5.74) is 2.01. The van der Waals surface area contributed by atoms with Crippen LogP contribution in [0.5, 0.6) is 0 Å². The first-order valence-corrected chi connectivity index (χ1v) is 10.4. The minimum absolute atomic E-state index is 0.192. The molecule has 2 aromatic carbocycles. The summed E-state index contributed by atoms with van der Waals surface area (Å²) in [6.45, 7) is 5.55. The number of rotatable bonds is 6. The van der Waals surface area contributed by atoms with Gasteiger partial charge in [-0.3, -0.25) is 9.69 Å². The highest BCUT2D eigenvalue weighted by molar-refractivity contribution is 7.03. The van der Waals surface area contributed by atoms with E-state index in [0.717, 1.165) is 49.8 Å². The van der Waals surface area contributed by atoms with Crippen LogP contribution in [-0.4, -0.2) is 46.1 Å².